The van der Waals surface area contributed by atoms with Crippen molar-refractivity contribution in [3.63, 3.8) is 0 Å². The van der Waals surface area contributed by atoms with E-state index in [0.29, 0.717) is 0 Å². The van der Waals surface area contributed by atoms with Gasteiger partial charge in [-0.2, -0.15) is 0 Å². The van der Waals surface area contributed by atoms with Crippen molar-refractivity contribution in [3.8, 4) is 17.1 Å². The normalized spacial score (nSPS) is 13.0. The highest BCUT2D eigenvalue weighted by Crippen LogP contribution is 2.52. The van der Waals surface area contributed by atoms with Gasteiger partial charge in [0.25, 0.3) is 0 Å². The van der Waals surface area contributed by atoms with E-state index in [4.69, 9.17) is 23.2 Å². The number of fused-ring (bicyclic) bond motifs is 1. The molecule has 0 aliphatic rings. The van der Waals surface area contributed by atoms with Gasteiger partial charge in [-0.3, -0.25) is 4.57 Å². The summed E-state index contributed by atoms with van der Waals surface area (Å²) >= 11 is 0. The Kier molecular flexibility index (Phi) is 3.46. The Bertz CT molecular complexity index is 2960. The van der Waals surface area contributed by atoms with Crippen molar-refractivity contribution in [1.82, 2.24) is 14.5 Å². The molecule has 6 heteroatoms. The van der Waals surface area contributed by atoms with Crippen molar-refractivity contribution in [3.05, 3.63) is 103 Å². The van der Waals surface area contributed by atoms with Gasteiger partial charge in [0.2, 0.25) is 0 Å². The molecule has 0 aliphatic heterocycles. The molecule has 5 heterocycles. The fourth-order valence-corrected chi connectivity index (χ4v) is 7.80. The second kappa shape index (κ2) is 7.07. The molecule has 0 unspecified atom stereocenters. The van der Waals surface area contributed by atoms with Crippen LogP contribution >= 0.6 is 0 Å². The van der Waals surface area contributed by atoms with Gasteiger partial charge in [-0.25, -0.2) is 9.97 Å². The summed E-state index contributed by atoms with van der Waals surface area (Å²) in [6.07, 6.45) is 0. The summed E-state index contributed by atoms with van der Waals surface area (Å²) in [7, 11) is 0. The molecule has 0 bridgehead atoms. The molecule has 0 spiro atoms. The molecule has 6 nitrogen and oxygen atoms in total. The van der Waals surface area contributed by atoms with Crippen molar-refractivity contribution in [2.24, 2.45) is 0 Å². The molecule has 0 aliphatic carbocycles. The van der Waals surface area contributed by atoms with E-state index in [0.717, 1.165) is 116 Å². The van der Waals surface area contributed by atoms with E-state index in [2.05, 4.69) is 41.0 Å². The molecule has 44 heavy (non-hydrogen) atoms. The van der Waals surface area contributed by atoms with E-state index in [1.807, 2.05) is 66.7 Å². The van der Waals surface area contributed by atoms with Crippen LogP contribution in [-0.2, 0) is 0 Å². The van der Waals surface area contributed by atoms with Gasteiger partial charge in [0, 0.05) is 48.7 Å². The Balaban J connectivity index is 1.41. The van der Waals surface area contributed by atoms with Crippen LogP contribution in [0.2, 0.25) is 0 Å². The van der Waals surface area contributed by atoms with Gasteiger partial charge in [-0.05, 0) is 60.7 Å². The largest absolute Gasteiger partial charge is 0.456 e. The lowest BCUT2D eigenvalue weighted by Gasteiger charge is -2.13. The van der Waals surface area contributed by atoms with Crippen LogP contribution in [-0.4, -0.2) is 14.5 Å². The predicted octanol–water partition coefficient (Wildman–Crippen LogP) is 10.4. The molecule has 12 rings (SSSR count). The smallest absolute Gasteiger partial charge is 0.165 e. The Labute approximate surface area is 246 Å². The van der Waals surface area contributed by atoms with Crippen LogP contribution in [0.25, 0.3) is 116 Å². The minimum absolute atomic E-state index is 0.783. The highest BCUT2D eigenvalue weighted by atomic mass is 16.3. The zero-order valence-electron chi connectivity index (χ0n) is 22.9. The summed E-state index contributed by atoms with van der Waals surface area (Å²) in [5, 5.41) is 8.70. The number of aromatic nitrogens is 3. The molecule has 0 saturated carbocycles. The molecule has 0 saturated heterocycles. The maximum Gasteiger partial charge on any atom is 0.165 e. The third-order valence-electron chi connectivity index (χ3n) is 9.50. The fourth-order valence-electron chi connectivity index (χ4n) is 7.80. The summed E-state index contributed by atoms with van der Waals surface area (Å²) < 4.78 is 21.8. The lowest BCUT2D eigenvalue weighted by atomic mass is 9.95. The topological polar surface area (TPSA) is 70.1 Å². The van der Waals surface area contributed by atoms with Crippen molar-refractivity contribution in [1.29, 1.82) is 0 Å². The van der Waals surface area contributed by atoms with E-state index in [9.17, 15) is 0 Å². The number of nitrogens with zero attached hydrogens (tertiary/aromatic N) is 3. The van der Waals surface area contributed by atoms with Crippen molar-refractivity contribution < 1.29 is 13.3 Å². The number of rotatable bonds is 2. The predicted molar refractivity (Wildman–Crippen MR) is 175 cm³/mol. The number of hydrogen-bond acceptors (Lipinski definition) is 5. The third kappa shape index (κ3) is 2.33. The van der Waals surface area contributed by atoms with Crippen LogP contribution in [0.1, 0.15) is 0 Å². The van der Waals surface area contributed by atoms with E-state index in [1.54, 1.807) is 0 Å². The van der Waals surface area contributed by atoms with Crippen molar-refractivity contribution in [2.45, 2.75) is 0 Å². The second-order valence-corrected chi connectivity index (χ2v) is 11.7. The average Bonchev–Trinajstić information content (AvgIpc) is 3.80. The molecule has 0 atom stereocenters. The van der Waals surface area contributed by atoms with E-state index >= 15 is 0 Å². The monoisotopic (exact) mass is 563 g/mol. The first-order valence-electron chi connectivity index (χ1n) is 14.7. The molecule has 12 aromatic rings. The average molecular weight is 564 g/mol. The minimum atomic E-state index is 0.783. The minimum Gasteiger partial charge on any atom is -0.456 e. The number of benzene rings is 6. The van der Waals surface area contributed by atoms with Gasteiger partial charge in [-0.15, -0.1) is 0 Å². The van der Waals surface area contributed by atoms with Crippen LogP contribution < -0.4 is 0 Å². The van der Waals surface area contributed by atoms with E-state index in [1.165, 1.54) is 0 Å². The Hall–Kier alpha value is -6.14. The summed E-state index contributed by atoms with van der Waals surface area (Å²) in [6, 6.07) is 35.0. The van der Waals surface area contributed by atoms with Crippen LogP contribution in [0.15, 0.2) is 116 Å². The fraction of sp³-hybridized carbons (Fsp3) is 0. The quantitative estimate of drug-likeness (QED) is 0.209. The molecule has 7 aromatic carbocycles. The van der Waals surface area contributed by atoms with Gasteiger partial charge in [0.05, 0.1) is 22.1 Å². The molecular formula is C38H17N3O3. The summed E-state index contributed by atoms with van der Waals surface area (Å²) in [4.78, 5) is 10.5. The van der Waals surface area contributed by atoms with E-state index in [-0.39, 0.29) is 0 Å². The highest BCUT2D eigenvalue weighted by Gasteiger charge is 2.29. The molecule has 0 fully saturated rings. The summed E-state index contributed by atoms with van der Waals surface area (Å²) in [6.45, 7) is 0. The zero-order chi connectivity index (χ0) is 28.3. The lowest BCUT2D eigenvalue weighted by Crippen LogP contribution is -2.03. The molecule has 0 radical (unpaired) electrons. The number of hydrogen-bond donors (Lipinski definition) is 0. The van der Waals surface area contributed by atoms with Gasteiger partial charge >= 0.3 is 0 Å². The lowest BCUT2D eigenvalue weighted by molar-refractivity contribution is 0.661. The summed E-state index contributed by atoms with van der Waals surface area (Å²) in [5.74, 6) is 0.783. The molecule has 5 aromatic heterocycles. The van der Waals surface area contributed by atoms with Gasteiger partial charge in [0.15, 0.2) is 5.82 Å². The van der Waals surface area contributed by atoms with Crippen LogP contribution in [0.4, 0.5) is 0 Å². The Morgan fingerprint density at radius 2 is 0.795 bits per heavy atom. The van der Waals surface area contributed by atoms with Gasteiger partial charge in [0.1, 0.15) is 39.2 Å². The first-order valence-corrected chi connectivity index (χ1v) is 14.7. The molecule has 0 amide bonds. The van der Waals surface area contributed by atoms with Crippen molar-refractivity contribution >= 4 is 98.7 Å². The maximum absolute atomic E-state index is 6.55. The Morgan fingerprint density at radius 3 is 1.30 bits per heavy atom. The number of furan rings is 3. The molecular weight excluding hydrogens is 546 g/mol. The third-order valence-corrected chi connectivity index (χ3v) is 9.50. The van der Waals surface area contributed by atoms with E-state index < -0.39 is 0 Å². The second-order valence-electron chi connectivity index (χ2n) is 11.7. The molecule has 0 N–H and O–H groups in total. The zero-order valence-corrected chi connectivity index (χ0v) is 22.9. The SMILES string of the molecule is c1ccc(-c2nc3ccccc3nc2-n2c3ccc4oc5ccc6oc7ccc8oc9ccc2c2c9c8c7c6c5c4c23)cc1. The summed E-state index contributed by atoms with van der Waals surface area (Å²) in [5.41, 5.74) is 10.7. The first kappa shape index (κ1) is 21.5. The van der Waals surface area contributed by atoms with Crippen LogP contribution in [0.5, 0.6) is 0 Å². The van der Waals surface area contributed by atoms with Crippen molar-refractivity contribution in [2.75, 3.05) is 0 Å². The number of para-hydroxylation sites is 2. The standard InChI is InChI=1S/C38H17N3O3/c1-2-6-18(7-3-1)37-38(40-20-9-5-4-8-19(20)39-37)41-21-10-12-23-31-29(21)30-22(41)11-13-24-32(30)34-26(43-24)15-17-28-36(34)35-27(44-28)16-14-25(42-23)33(31)35/h1-17H. The first-order chi connectivity index (χ1) is 21.8. The van der Waals surface area contributed by atoms with Gasteiger partial charge < -0.3 is 13.3 Å². The Morgan fingerprint density at radius 1 is 0.386 bits per heavy atom. The maximum atomic E-state index is 6.55. The van der Waals surface area contributed by atoms with Crippen LogP contribution in [0, 0.1) is 0 Å². The van der Waals surface area contributed by atoms with Gasteiger partial charge in [-0.1, -0.05) is 42.5 Å². The molecule has 202 valence electrons. The van der Waals surface area contributed by atoms with Crippen LogP contribution in [0.3, 0.4) is 0 Å². The highest BCUT2D eigenvalue weighted by molar-refractivity contribution is 6.44.